The van der Waals surface area contributed by atoms with Crippen molar-refractivity contribution >= 4 is 0 Å². The number of aliphatic hydroxyl groups is 1. The summed E-state index contributed by atoms with van der Waals surface area (Å²) in [4.78, 5) is 0. The van der Waals surface area contributed by atoms with Crippen LogP contribution >= 0.6 is 0 Å². The molecule has 0 radical (unpaired) electrons. The first-order valence-electron chi connectivity index (χ1n) is 5.85. The average Bonchev–Trinajstić information content (AvgIpc) is 2.42. The Morgan fingerprint density at radius 3 is 2.61 bits per heavy atom. The van der Waals surface area contributed by atoms with Crippen molar-refractivity contribution in [3.63, 3.8) is 0 Å². The number of halogens is 2. The van der Waals surface area contributed by atoms with E-state index in [-0.39, 0.29) is 5.56 Å². The topological polar surface area (TPSA) is 38.7 Å². The molecule has 1 aliphatic heterocycles. The normalized spacial score (nSPS) is 20.7. The highest BCUT2D eigenvalue weighted by Gasteiger charge is 2.42. The van der Waals surface area contributed by atoms with Gasteiger partial charge in [0.25, 0.3) is 0 Å². The fourth-order valence-electron chi connectivity index (χ4n) is 2.32. The largest absolute Gasteiger partial charge is 0.385 e. The molecule has 1 atom stereocenters. The average molecular weight is 258 g/mol. The highest BCUT2D eigenvalue weighted by Crippen LogP contribution is 2.38. The van der Waals surface area contributed by atoms with E-state index >= 15 is 0 Å². The van der Waals surface area contributed by atoms with Crippen LogP contribution in [0.15, 0.2) is 18.2 Å². The molecule has 1 unspecified atom stereocenters. The molecule has 1 heterocycles. The number of hydrogen-bond donors (Lipinski definition) is 1. The SMILES string of the molecule is COC1(C(O)c2cccc(F)c2F)CCOCC1. The zero-order chi connectivity index (χ0) is 13.2. The molecule has 0 spiro atoms. The van der Waals surface area contributed by atoms with Crippen LogP contribution in [0.4, 0.5) is 8.78 Å². The fraction of sp³-hybridized carbons (Fsp3) is 0.538. The number of hydrogen-bond acceptors (Lipinski definition) is 3. The first-order chi connectivity index (χ1) is 8.60. The van der Waals surface area contributed by atoms with E-state index in [0.717, 1.165) is 6.07 Å². The molecule has 1 saturated heterocycles. The monoisotopic (exact) mass is 258 g/mol. The summed E-state index contributed by atoms with van der Waals surface area (Å²) < 4.78 is 37.5. The van der Waals surface area contributed by atoms with E-state index in [1.807, 2.05) is 0 Å². The summed E-state index contributed by atoms with van der Waals surface area (Å²) in [5.41, 5.74) is -0.980. The van der Waals surface area contributed by atoms with Gasteiger partial charge in [0.1, 0.15) is 11.7 Å². The smallest absolute Gasteiger partial charge is 0.164 e. The Bertz CT molecular complexity index is 417. The summed E-state index contributed by atoms with van der Waals surface area (Å²) in [6, 6.07) is 3.77. The minimum atomic E-state index is -1.21. The maximum atomic E-state index is 13.7. The molecule has 2 rings (SSSR count). The maximum absolute atomic E-state index is 13.7. The van der Waals surface area contributed by atoms with E-state index in [4.69, 9.17) is 9.47 Å². The lowest BCUT2D eigenvalue weighted by molar-refractivity contribution is -0.155. The van der Waals surface area contributed by atoms with Crippen molar-refractivity contribution in [1.29, 1.82) is 0 Å². The zero-order valence-corrected chi connectivity index (χ0v) is 10.2. The van der Waals surface area contributed by atoms with E-state index in [2.05, 4.69) is 0 Å². The number of aliphatic hydroxyl groups excluding tert-OH is 1. The Morgan fingerprint density at radius 2 is 2.00 bits per heavy atom. The first-order valence-corrected chi connectivity index (χ1v) is 5.85. The van der Waals surface area contributed by atoms with Gasteiger partial charge in [0, 0.05) is 38.7 Å². The van der Waals surface area contributed by atoms with E-state index in [1.54, 1.807) is 0 Å². The van der Waals surface area contributed by atoms with Crippen LogP contribution in [0, 0.1) is 11.6 Å². The summed E-state index contributed by atoms with van der Waals surface area (Å²) in [6.07, 6.45) is -0.316. The Hall–Kier alpha value is -1.04. The lowest BCUT2D eigenvalue weighted by atomic mass is 9.84. The fourth-order valence-corrected chi connectivity index (χ4v) is 2.32. The minimum absolute atomic E-state index is 0.0706. The Labute approximate surface area is 104 Å². The van der Waals surface area contributed by atoms with Gasteiger partial charge in [-0.25, -0.2) is 8.78 Å². The lowest BCUT2D eigenvalue weighted by Crippen LogP contribution is -2.44. The Kier molecular flexibility index (Phi) is 3.94. The molecular formula is C13H16F2O3. The van der Waals surface area contributed by atoms with Crippen molar-refractivity contribution in [1.82, 2.24) is 0 Å². The molecule has 3 nitrogen and oxygen atoms in total. The highest BCUT2D eigenvalue weighted by molar-refractivity contribution is 5.24. The van der Waals surface area contributed by atoms with Gasteiger partial charge in [-0.15, -0.1) is 0 Å². The van der Waals surface area contributed by atoms with Gasteiger partial charge in [0.2, 0.25) is 0 Å². The molecule has 100 valence electrons. The van der Waals surface area contributed by atoms with Crippen molar-refractivity contribution < 1.29 is 23.4 Å². The lowest BCUT2D eigenvalue weighted by Gasteiger charge is -2.39. The second kappa shape index (κ2) is 5.30. The summed E-state index contributed by atoms with van der Waals surface area (Å²) in [7, 11) is 1.46. The Balaban J connectivity index is 2.33. The summed E-state index contributed by atoms with van der Waals surface area (Å²) in [6.45, 7) is 0.865. The van der Waals surface area contributed by atoms with Gasteiger partial charge in [0.05, 0.1) is 0 Å². The predicted molar refractivity (Wildman–Crippen MR) is 61.1 cm³/mol. The Morgan fingerprint density at radius 1 is 1.33 bits per heavy atom. The van der Waals surface area contributed by atoms with Crippen molar-refractivity contribution in [3.05, 3.63) is 35.4 Å². The van der Waals surface area contributed by atoms with Crippen LogP contribution in [0.1, 0.15) is 24.5 Å². The molecular weight excluding hydrogens is 242 g/mol. The number of ether oxygens (including phenoxy) is 2. The molecule has 0 aliphatic carbocycles. The first kappa shape index (κ1) is 13.4. The minimum Gasteiger partial charge on any atom is -0.385 e. The molecule has 1 fully saturated rings. The van der Waals surface area contributed by atoms with Gasteiger partial charge in [-0.3, -0.25) is 0 Å². The van der Waals surface area contributed by atoms with Crippen molar-refractivity contribution in [3.8, 4) is 0 Å². The molecule has 0 saturated carbocycles. The molecule has 1 N–H and O–H groups in total. The third-order valence-corrected chi connectivity index (χ3v) is 3.52. The molecule has 0 bridgehead atoms. The summed E-state index contributed by atoms with van der Waals surface area (Å²) in [5, 5.41) is 10.3. The van der Waals surface area contributed by atoms with Crippen LogP contribution in [0.25, 0.3) is 0 Å². The summed E-state index contributed by atoms with van der Waals surface area (Å²) in [5.74, 6) is -1.99. The van der Waals surface area contributed by atoms with E-state index < -0.39 is 23.3 Å². The number of rotatable bonds is 3. The zero-order valence-electron chi connectivity index (χ0n) is 10.2. The maximum Gasteiger partial charge on any atom is 0.164 e. The van der Waals surface area contributed by atoms with Crippen LogP contribution in [0.2, 0.25) is 0 Å². The van der Waals surface area contributed by atoms with Gasteiger partial charge in [0.15, 0.2) is 11.6 Å². The second-order valence-corrected chi connectivity index (χ2v) is 4.43. The number of benzene rings is 1. The van der Waals surface area contributed by atoms with E-state index in [1.165, 1.54) is 19.2 Å². The van der Waals surface area contributed by atoms with Crippen LogP contribution in [-0.4, -0.2) is 31.0 Å². The van der Waals surface area contributed by atoms with Gasteiger partial charge in [-0.1, -0.05) is 12.1 Å². The van der Waals surface area contributed by atoms with Gasteiger partial charge < -0.3 is 14.6 Å². The van der Waals surface area contributed by atoms with Crippen molar-refractivity contribution in [2.24, 2.45) is 0 Å². The van der Waals surface area contributed by atoms with Crippen LogP contribution in [0.3, 0.4) is 0 Å². The molecule has 1 aliphatic rings. The molecule has 5 heteroatoms. The van der Waals surface area contributed by atoms with Crippen molar-refractivity contribution in [2.45, 2.75) is 24.5 Å². The predicted octanol–water partition coefficient (Wildman–Crippen LogP) is 2.19. The summed E-state index contributed by atoms with van der Waals surface area (Å²) >= 11 is 0. The van der Waals surface area contributed by atoms with Gasteiger partial charge >= 0.3 is 0 Å². The molecule has 1 aromatic rings. The molecule has 18 heavy (non-hydrogen) atoms. The van der Waals surface area contributed by atoms with Crippen LogP contribution < -0.4 is 0 Å². The van der Waals surface area contributed by atoms with Gasteiger partial charge in [-0.05, 0) is 6.07 Å². The quantitative estimate of drug-likeness (QED) is 0.903. The van der Waals surface area contributed by atoms with Crippen LogP contribution in [-0.2, 0) is 9.47 Å². The third-order valence-electron chi connectivity index (χ3n) is 3.52. The third kappa shape index (κ3) is 2.25. The van der Waals surface area contributed by atoms with Crippen molar-refractivity contribution in [2.75, 3.05) is 20.3 Å². The highest BCUT2D eigenvalue weighted by atomic mass is 19.2. The molecule has 0 amide bonds. The standard InChI is InChI=1S/C13H16F2O3/c1-17-13(5-7-18-8-6-13)12(16)9-3-2-4-10(14)11(9)15/h2-4,12,16H,5-8H2,1H3. The molecule has 0 aromatic heterocycles. The van der Waals surface area contributed by atoms with E-state index in [0.29, 0.717) is 26.1 Å². The number of methoxy groups -OCH3 is 1. The van der Waals surface area contributed by atoms with Crippen LogP contribution in [0.5, 0.6) is 0 Å². The molecule has 1 aromatic carbocycles. The van der Waals surface area contributed by atoms with Gasteiger partial charge in [-0.2, -0.15) is 0 Å². The van der Waals surface area contributed by atoms with E-state index in [9.17, 15) is 13.9 Å². The second-order valence-electron chi connectivity index (χ2n) is 4.43.